The minimum Gasteiger partial charge on any atom is -0.493 e. The molecule has 1 aromatic heterocycles. The average Bonchev–Trinajstić information content (AvgIpc) is 2.69. The van der Waals surface area contributed by atoms with E-state index in [0.29, 0.717) is 5.69 Å². The summed E-state index contributed by atoms with van der Waals surface area (Å²) in [5, 5.41) is 19.4. The van der Waals surface area contributed by atoms with Crippen molar-refractivity contribution >= 4 is 39.5 Å². The molecule has 0 radical (unpaired) electrons. The summed E-state index contributed by atoms with van der Waals surface area (Å²) in [6, 6.07) is 4.10. The molecule has 3 N–H and O–H groups in total. The fourth-order valence-electron chi connectivity index (χ4n) is 3.29. The molecule has 0 spiro atoms. The third-order valence-electron chi connectivity index (χ3n) is 4.09. The van der Waals surface area contributed by atoms with Crippen molar-refractivity contribution in [2.75, 3.05) is 0 Å². The molecule has 0 saturated heterocycles. The summed E-state index contributed by atoms with van der Waals surface area (Å²) < 4.78 is 1.89. The number of nitrogens with two attached hydrogens (primary N) is 1. The van der Waals surface area contributed by atoms with Gasteiger partial charge in [-0.2, -0.15) is 0 Å². The van der Waals surface area contributed by atoms with Crippen molar-refractivity contribution in [2.45, 2.75) is 33.2 Å². The molecular weight excluding hydrogens is 296 g/mol. The summed E-state index contributed by atoms with van der Waals surface area (Å²) in [4.78, 5) is 0. The monoisotopic (exact) mass is 314 g/mol. The summed E-state index contributed by atoms with van der Waals surface area (Å²) in [6.07, 6.45) is 2.14. The Kier molecular flexibility index (Phi) is 3.11. The lowest BCUT2D eigenvalue weighted by Crippen LogP contribution is -2.26. The van der Waals surface area contributed by atoms with Crippen LogP contribution in [0.5, 0.6) is 5.88 Å². The van der Waals surface area contributed by atoms with Crippen molar-refractivity contribution in [2.24, 2.45) is 16.0 Å². The van der Waals surface area contributed by atoms with Crippen LogP contribution in [0.1, 0.15) is 31.9 Å². The number of aromatic hydroxyl groups is 1. The van der Waals surface area contributed by atoms with Gasteiger partial charge in [0.15, 0.2) is 5.69 Å². The van der Waals surface area contributed by atoms with Crippen molar-refractivity contribution in [1.29, 1.82) is 0 Å². The minimum atomic E-state index is -0.357. The second kappa shape index (κ2) is 4.64. The van der Waals surface area contributed by atoms with E-state index in [2.05, 4.69) is 43.1 Å². The van der Waals surface area contributed by atoms with E-state index in [0.717, 1.165) is 22.0 Å². The van der Waals surface area contributed by atoms with Crippen LogP contribution in [0.25, 0.3) is 16.5 Å². The van der Waals surface area contributed by atoms with Crippen LogP contribution < -0.4 is 5.73 Å². The maximum atomic E-state index is 10.7. The number of thiocarbonyl (C=S) groups is 1. The van der Waals surface area contributed by atoms with Gasteiger partial charge in [0.05, 0.1) is 11.1 Å². The molecule has 0 unspecified atom stereocenters. The molecule has 0 fully saturated rings. The normalized spacial score (nSPS) is 16.3. The van der Waals surface area contributed by atoms with Crippen LogP contribution in [0.2, 0.25) is 0 Å². The van der Waals surface area contributed by atoms with Crippen molar-refractivity contribution in [3.05, 3.63) is 29.3 Å². The molecule has 2 heterocycles. The number of allylic oxidation sites excluding steroid dienone is 2. The van der Waals surface area contributed by atoms with E-state index in [4.69, 9.17) is 18.0 Å². The lowest BCUT2D eigenvalue weighted by molar-refractivity contribution is 0.362. The fraction of sp³-hybridized carbons (Fsp3) is 0.312. The highest BCUT2D eigenvalue weighted by Gasteiger charge is 2.32. The molecule has 0 aliphatic carbocycles. The van der Waals surface area contributed by atoms with Gasteiger partial charge < -0.3 is 15.4 Å². The quantitative estimate of drug-likeness (QED) is 0.613. The van der Waals surface area contributed by atoms with E-state index < -0.39 is 0 Å². The summed E-state index contributed by atoms with van der Waals surface area (Å²) in [6.45, 7) is 8.17. The van der Waals surface area contributed by atoms with Crippen LogP contribution in [0.15, 0.2) is 28.4 Å². The molecule has 6 heteroatoms. The third-order valence-corrected chi connectivity index (χ3v) is 4.17. The lowest BCUT2D eigenvalue weighted by Gasteiger charge is -2.31. The highest BCUT2D eigenvalue weighted by Crippen LogP contribution is 2.49. The number of aryl methyl sites for hydroxylation is 1. The van der Waals surface area contributed by atoms with Crippen molar-refractivity contribution in [3.63, 3.8) is 0 Å². The van der Waals surface area contributed by atoms with E-state index in [1.165, 1.54) is 5.57 Å². The lowest BCUT2D eigenvalue weighted by atomic mass is 9.91. The topological polar surface area (TPSA) is 75.9 Å². The van der Waals surface area contributed by atoms with E-state index in [1.807, 2.05) is 17.6 Å². The van der Waals surface area contributed by atoms with Gasteiger partial charge in [0.2, 0.25) is 11.0 Å². The molecule has 0 bridgehead atoms. The first-order chi connectivity index (χ1) is 10.2. The second-order valence-electron chi connectivity index (χ2n) is 6.18. The van der Waals surface area contributed by atoms with Gasteiger partial charge in [0, 0.05) is 10.9 Å². The predicted molar refractivity (Wildman–Crippen MR) is 92.6 cm³/mol. The molecule has 0 saturated carbocycles. The van der Waals surface area contributed by atoms with Crippen LogP contribution in [-0.4, -0.2) is 14.8 Å². The molecule has 1 aromatic carbocycles. The molecule has 22 heavy (non-hydrogen) atoms. The summed E-state index contributed by atoms with van der Waals surface area (Å²) in [7, 11) is 0. The number of azo groups is 1. The van der Waals surface area contributed by atoms with Gasteiger partial charge in [-0.15, -0.1) is 10.2 Å². The Morgan fingerprint density at radius 2 is 2.00 bits per heavy atom. The Balaban J connectivity index is 2.48. The Bertz CT molecular complexity index is 874. The van der Waals surface area contributed by atoms with E-state index in [1.54, 1.807) is 0 Å². The SMILES string of the molecule is CC1=CC(C)(C)n2c(O)c(N=NC(N)=S)c3c(C)ccc1c32. The van der Waals surface area contributed by atoms with Gasteiger partial charge >= 0.3 is 0 Å². The molecule has 5 nitrogen and oxygen atoms in total. The van der Waals surface area contributed by atoms with Gasteiger partial charge in [-0.05, 0) is 51.0 Å². The van der Waals surface area contributed by atoms with Crippen LogP contribution >= 0.6 is 12.2 Å². The van der Waals surface area contributed by atoms with Crippen molar-refractivity contribution in [1.82, 2.24) is 4.57 Å². The summed E-state index contributed by atoms with van der Waals surface area (Å²) in [5.74, 6) is 0.0827. The molecule has 2 aromatic rings. The van der Waals surface area contributed by atoms with E-state index >= 15 is 0 Å². The van der Waals surface area contributed by atoms with E-state index in [-0.39, 0.29) is 16.5 Å². The molecule has 0 atom stereocenters. The molecule has 1 aliphatic rings. The summed E-state index contributed by atoms with van der Waals surface area (Å²) in [5.41, 5.74) is 9.72. The third kappa shape index (κ3) is 1.94. The van der Waals surface area contributed by atoms with Gasteiger partial charge in [0.25, 0.3) is 0 Å². The van der Waals surface area contributed by atoms with E-state index in [9.17, 15) is 5.11 Å². The fourth-order valence-corrected chi connectivity index (χ4v) is 3.33. The van der Waals surface area contributed by atoms with Crippen LogP contribution in [-0.2, 0) is 5.54 Å². The smallest absolute Gasteiger partial charge is 0.221 e. The largest absolute Gasteiger partial charge is 0.493 e. The predicted octanol–water partition coefficient (Wildman–Crippen LogP) is 4.13. The Labute approximate surface area is 134 Å². The Morgan fingerprint density at radius 3 is 2.64 bits per heavy atom. The van der Waals surface area contributed by atoms with Gasteiger partial charge in [0.1, 0.15) is 0 Å². The average molecular weight is 314 g/mol. The Morgan fingerprint density at radius 1 is 1.32 bits per heavy atom. The molecule has 3 rings (SSSR count). The zero-order chi connectivity index (χ0) is 16.2. The molecule has 114 valence electrons. The maximum Gasteiger partial charge on any atom is 0.221 e. The van der Waals surface area contributed by atoms with Crippen LogP contribution in [0, 0.1) is 6.92 Å². The van der Waals surface area contributed by atoms with Crippen molar-refractivity contribution in [3.8, 4) is 5.88 Å². The minimum absolute atomic E-state index is 0.0578. The number of hydrogen-bond acceptors (Lipinski definition) is 3. The number of benzene rings is 1. The highest BCUT2D eigenvalue weighted by molar-refractivity contribution is 7.80. The number of hydrogen-bond donors (Lipinski definition) is 2. The summed E-state index contributed by atoms with van der Waals surface area (Å²) >= 11 is 4.75. The van der Waals surface area contributed by atoms with Crippen molar-refractivity contribution < 1.29 is 5.11 Å². The number of aromatic nitrogens is 1. The first-order valence-corrected chi connectivity index (χ1v) is 7.43. The molecule has 0 amide bonds. The molecular formula is C16H18N4OS. The van der Waals surface area contributed by atoms with Crippen LogP contribution in [0.3, 0.4) is 0 Å². The second-order valence-corrected chi connectivity index (χ2v) is 6.60. The first kappa shape index (κ1) is 14.7. The molecule has 1 aliphatic heterocycles. The number of rotatable bonds is 1. The van der Waals surface area contributed by atoms with Gasteiger partial charge in [-0.1, -0.05) is 18.2 Å². The van der Waals surface area contributed by atoms with Gasteiger partial charge in [-0.3, -0.25) is 0 Å². The zero-order valence-corrected chi connectivity index (χ0v) is 13.8. The maximum absolute atomic E-state index is 10.7. The van der Waals surface area contributed by atoms with Crippen LogP contribution in [0.4, 0.5) is 5.69 Å². The Hall–Kier alpha value is -2.21. The first-order valence-electron chi connectivity index (χ1n) is 7.02. The zero-order valence-electron chi connectivity index (χ0n) is 13.0. The van der Waals surface area contributed by atoms with Gasteiger partial charge in [-0.25, -0.2) is 0 Å². The highest BCUT2D eigenvalue weighted by atomic mass is 32.1. The standard InChI is InChI=1S/C16H18N4OS/c1-8-5-6-10-9(2)7-16(3,4)20-13(10)11(8)12(14(20)21)18-19-15(17)22/h5-7,21H,1-4H3,(H2,17,22). The number of nitrogens with zero attached hydrogens (tertiary/aromatic N) is 3.